The second kappa shape index (κ2) is 8.12. The van der Waals surface area contributed by atoms with Crippen LogP contribution >= 0.6 is 31.9 Å². The average molecular weight is 531 g/mol. The van der Waals surface area contributed by atoms with Crippen LogP contribution in [-0.4, -0.2) is 19.9 Å². The molecule has 4 rings (SSSR count). The molecule has 30 heavy (non-hydrogen) atoms. The maximum absolute atomic E-state index is 13.5. The van der Waals surface area contributed by atoms with Crippen molar-refractivity contribution in [2.45, 2.75) is 13.5 Å². The molecule has 0 aliphatic heterocycles. The van der Waals surface area contributed by atoms with Gasteiger partial charge >= 0.3 is 0 Å². The summed E-state index contributed by atoms with van der Waals surface area (Å²) in [5.74, 6) is 0.413. The van der Waals surface area contributed by atoms with E-state index in [2.05, 4.69) is 36.8 Å². The number of nitrogens with zero attached hydrogens (tertiary/aromatic N) is 3. The molecule has 0 saturated heterocycles. The lowest BCUT2D eigenvalue weighted by Gasteiger charge is -2.28. The van der Waals surface area contributed by atoms with E-state index in [1.54, 1.807) is 24.1 Å². The molecule has 0 aliphatic rings. The quantitative estimate of drug-likeness (QED) is 0.383. The number of halogens is 2. The van der Waals surface area contributed by atoms with Crippen LogP contribution in [0.25, 0.3) is 10.9 Å². The molecule has 0 spiro atoms. The van der Waals surface area contributed by atoms with Gasteiger partial charge in [0, 0.05) is 20.6 Å². The Bertz CT molecular complexity index is 1310. The number of hydrogen-bond donors (Lipinski definition) is 2. The number of para-hydroxylation sites is 1. The first kappa shape index (κ1) is 20.4. The number of aromatic hydroxyl groups is 2. The largest absolute Gasteiger partial charge is 0.508 e. The summed E-state index contributed by atoms with van der Waals surface area (Å²) in [4.78, 5) is 18.2. The number of hydrogen-bond acceptors (Lipinski definition) is 5. The Morgan fingerprint density at radius 2 is 1.77 bits per heavy atom. The first-order valence-corrected chi connectivity index (χ1v) is 10.7. The smallest absolute Gasteiger partial charge is 0.280 e. The van der Waals surface area contributed by atoms with Crippen molar-refractivity contribution in [3.8, 4) is 11.5 Å². The van der Waals surface area contributed by atoms with E-state index in [0.717, 1.165) is 14.6 Å². The predicted octanol–water partition coefficient (Wildman–Crippen LogP) is 5.11. The van der Waals surface area contributed by atoms with Gasteiger partial charge in [-0.2, -0.15) is 0 Å². The van der Waals surface area contributed by atoms with E-state index in [4.69, 9.17) is 0 Å². The van der Waals surface area contributed by atoms with Crippen LogP contribution in [0.4, 0.5) is 5.69 Å². The van der Waals surface area contributed by atoms with Crippen molar-refractivity contribution in [3.05, 3.63) is 91.4 Å². The van der Waals surface area contributed by atoms with Crippen LogP contribution < -0.4 is 10.6 Å². The molecule has 0 fully saturated rings. The van der Waals surface area contributed by atoms with Crippen LogP contribution in [0.2, 0.25) is 0 Å². The Morgan fingerprint density at radius 1 is 1.03 bits per heavy atom. The fourth-order valence-corrected chi connectivity index (χ4v) is 4.64. The summed E-state index contributed by atoms with van der Waals surface area (Å²) in [5, 5.41) is 22.1. The van der Waals surface area contributed by atoms with Gasteiger partial charge in [-0.1, -0.05) is 34.1 Å². The molecule has 2 N–H and O–H groups in total. The lowest BCUT2D eigenvalue weighted by molar-refractivity contribution is 0.444. The van der Waals surface area contributed by atoms with Gasteiger partial charge in [0.15, 0.2) is 0 Å². The van der Waals surface area contributed by atoms with Gasteiger partial charge in [-0.05, 0) is 59.3 Å². The molecule has 0 atom stereocenters. The van der Waals surface area contributed by atoms with Crippen LogP contribution in [0, 0.1) is 6.92 Å². The molecular formula is C22H17Br2N3O3. The fourth-order valence-electron chi connectivity index (χ4n) is 3.32. The van der Waals surface area contributed by atoms with E-state index in [-0.39, 0.29) is 23.6 Å². The van der Waals surface area contributed by atoms with Gasteiger partial charge in [-0.15, -0.1) is 0 Å². The zero-order valence-electron chi connectivity index (χ0n) is 15.9. The van der Waals surface area contributed by atoms with E-state index < -0.39 is 0 Å². The lowest BCUT2D eigenvalue weighted by Crippen LogP contribution is -2.40. The Kier molecular flexibility index (Phi) is 5.53. The third-order valence-electron chi connectivity index (χ3n) is 4.72. The summed E-state index contributed by atoms with van der Waals surface area (Å²) >= 11 is 6.92. The SMILES string of the molecule is Cc1nc2c(Br)cc(Br)cc2c(=O)n1N(Cc1ccc(O)cc1O)c1ccccc1. The standard InChI is InChI=1S/C22H17Br2N3O3/c1-13-25-21-18(9-15(23)10-19(21)24)22(30)27(13)26(16-5-3-2-4-6-16)12-14-7-8-17(28)11-20(14)29/h2-11,28-29H,12H2,1H3. The second-order valence-electron chi connectivity index (χ2n) is 6.77. The summed E-state index contributed by atoms with van der Waals surface area (Å²) in [6, 6.07) is 17.4. The van der Waals surface area contributed by atoms with Crippen molar-refractivity contribution < 1.29 is 10.2 Å². The van der Waals surface area contributed by atoms with Gasteiger partial charge in [0.25, 0.3) is 5.56 Å². The molecule has 1 heterocycles. The van der Waals surface area contributed by atoms with Crippen LogP contribution in [0.3, 0.4) is 0 Å². The molecule has 1 aromatic heterocycles. The molecule has 0 unspecified atom stereocenters. The van der Waals surface area contributed by atoms with Crippen molar-refractivity contribution >= 4 is 48.5 Å². The minimum absolute atomic E-state index is 0.0297. The van der Waals surface area contributed by atoms with Crippen molar-refractivity contribution in [1.29, 1.82) is 0 Å². The van der Waals surface area contributed by atoms with Gasteiger partial charge < -0.3 is 10.2 Å². The number of fused-ring (bicyclic) bond motifs is 1. The first-order valence-electron chi connectivity index (χ1n) is 9.07. The zero-order valence-corrected chi connectivity index (χ0v) is 19.1. The van der Waals surface area contributed by atoms with Crippen LogP contribution in [0.1, 0.15) is 11.4 Å². The maximum Gasteiger partial charge on any atom is 0.280 e. The average Bonchev–Trinajstić information content (AvgIpc) is 2.70. The van der Waals surface area contributed by atoms with Gasteiger partial charge in [0.2, 0.25) is 0 Å². The number of anilines is 1. The lowest BCUT2D eigenvalue weighted by atomic mass is 10.1. The summed E-state index contributed by atoms with van der Waals surface area (Å²) in [6.07, 6.45) is 0. The minimum atomic E-state index is -0.235. The van der Waals surface area contributed by atoms with Crippen molar-refractivity contribution in [2.75, 3.05) is 5.01 Å². The van der Waals surface area contributed by atoms with E-state index in [0.29, 0.717) is 22.3 Å². The Morgan fingerprint density at radius 3 is 2.47 bits per heavy atom. The Balaban J connectivity index is 1.95. The van der Waals surface area contributed by atoms with Gasteiger partial charge in [0.05, 0.1) is 23.1 Å². The van der Waals surface area contributed by atoms with Crippen molar-refractivity contribution in [1.82, 2.24) is 9.66 Å². The number of aromatic nitrogens is 2. The highest BCUT2D eigenvalue weighted by molar-refractivity contribution is 9.11. The topological polar surface area (TPSA) is 78.6 Å². The summed E-state index contributed by atoms with van der Waals surface area (Å²) in [7, 11) is 0. The first-order chi connectivity index (χ1) is 14.3. The molecule has 4 aromatic rings. The summed E-state index contributed by atoms with van der Waals surface area (Å²) in [5.41, 5.74) is 1.66. The Hall–Kier alpha value is -2.84. The van der Waals surface area contributed by atoms with Gasteiger partial charge in [-0.3, -0.25) is 9.80 Å². The zero-order chi connectivity index (χ0) is 21.4. The highest BCUT2D eigenvalue weighted by Crippen LogP contribution is 2.28. The second-order valence-corrected chi connectivity index (χ2v) is 8.54. The summed E-state index contributed by atoms with van der Waals surface area (Å²) < 4.78 is 2.99. The van der Waals surface area contributed by atoms with Crippen LogP contribution in [0.5, 0.6) is 11.5 Å². The highest BCUT2D eigenvalue weighted by atomic mass is 79.9. The molecule has 0 saturated carbocycles. The molecule has 152 valence electrons. The molecule has 3 aromatic carbocycles. The van der Waals surface area contributed by atoms with E-state index >= 15 is 0 Å². The van der Waals surface area contributed by atoms with E-state index in [9.17, 15) is 15.0 Å². The normalized spacial score (nSPS) is 11.0. The Labute approximate surface area is 189 Å². The molecule has 0 radical (unpaired) electrons. The third kappa shape index (κ3) is 3.80. The molecular weight excluding hydrogens is 514 g/mol. The molecule has 8 heteroatoms. The monoisotopic (exact) mass is 529 g/mol. The third-order valence-corrected chi connectivity index (χ3v) is 5.78. The number of aryl methyl sites for hydroxylation is 1. The molecule has 0 aliphatic carbocycles. The van der Waals surface area contributed by atoms with Gasteiger partial charge in [0.1, 0.15) is 17.3 Å². The summed E-state index contributed by atoms with van der Waals surface area (Å²) in [6.45, 7) is 1.96. The van der Waals surface area contributed by atoms with Crippen molar-refractivity contribution in [3.63, 3.8) is 0 Å². The number of phenols is 2. The predicted molar refractivity (Wildman–Crippen MR) is 124 cm³/mol. The fraction of sp³-hybridized carbons (Fsp3) is 0.0909. The molecule has 0 amide bonds. The number of benzene rings is 3. The minimum Gasteiger partial charge on any atom is -0.508 e. The highest BCUT2D eigenvalue weighted by Gasteiger charge is 2.19. The number of rotatable bonds is 4. The van der Waals surface area contributed by atoms with Crippen molar-refractivity contribution in [2.24, 2.45) is 0 Å². The van der Waals surface area contributed by atoms with Crippen LogP contribution in [0.15, 0.2) is 74.4 Å². The van der Waals surface area contributed by atoms with Crippen LogP contribution in [-0.2, 0) is 6.54 Å². The maximum atomic E-state index is 13.5. The van der Waals surface area contributed by atoms with Gasteiger partial charge in [-0.25, -0.2) is 9.66 Å². The van der Waals surface area contributed by atoms with E-state index in [1.165, 1.54) is 16.8 Å². The molecule has 6 nitrogen and oxygen atoms in total. The molecule has 0 bridgehead atoms. The number of phenolic OH excluding ortho intramolecular Hbond substituents is 2. The van der Waals surface area contributed by atoms with E-state index in [1.807, 2.05) is 36.4 Å².